The molecule has 1 aliphatic heterocycles. The third-order valence-corrected chi connectivity index (χ3v) is 6.56. The van der Waals surface area contributed by atoms with E-state index in [9.17, 15) is 9.59 Å². The standard InChI is InChI=1S/C24H32N2O5S/c1-18-5-7-19(8-6-18)31-16-21-20-10-14-32-22(20)9-12-26(21)23(27)15-25(11-4-13-29-2)24(28)17-30-3/h5-8,10,14,21H,4,9,11-13,15-17H2,1-3H3. The summed E-state index contributed by atoms with van der Waals surface area (Å²) >= 11 is 1.72. The van der Waals surface area contributed by atoms with E-state index in [0.29, 0.717) is 32.7 Å². The van der Waals surface area contributed by atoms with E-state index in [0.717, 1.165) is 17.7 Å². The number of ether oxygens (including phenoxy) is 3. The molecule has 1 aliphatic rings. The summed E-state index contributed by atoms with van der Waals surface area (Å²) in [5.41, 5.74) is 2.30. The largest absolute Gasteiger partial charge is 0.491 e. The predicted molar refractivity (Wildman–Crippen MR) is 124 cm³/mol. The van der Waals surface area contributed by atoms with Crippen molar-refractivity contribution in [2.24, 2.45) is 0 Å². The molecule has 7 nitrogen and oxygen atoms in total. The molecule has 0 aliphatic carbocycles. The van der Waals surface area contributed by atoms with Crippen LogP contribution >= 0.6 is 11.3 Å². The van der Waals surface area contributed by atoms with Crippen molar-refractivity contribution in [3.63, 3.8) is 0 Å². The minimum absolute atomic E-state index is 0.0202. The molecule has 0 fully saturated rings. The van der Waals surface area contributed by atoms with Crippen molar-refractivity contribution >= 4 is 23.2 Å². The molecular formula is C24H32N2O5S. The first-order chi connectivity index (χ1) is 15.5. The van der Waals surface area contributed by atoms with Crippen LogP contribution in [0.1, 0.15) is 28.5 Å². The second kappa shape index (κ2) is 12.0. The van der Waals surface area contributed by atoms with Crippen molar-refractivity contribution in [2.45, 2.75) is 25.8 Å². The van der Waals surface area contributed by atoms with E-state index >= 15 is 0 Å². The minimum atomic E-state index is -0.197. The monoisotopic (exact) mass is 460 g/mol. The van der Waals surface area contributed by atoms with Crippen LogP contribution in [0.5, 0.6) is 5.75 Å². The fourth-order valence-corrected chi connectivity index (χ4v) is 4.77. The molecule has 174 valence electrons. The van der Waals surface area contributed by atoms with Gasteiger partial charge in [-0.3, -0.25) is 9.59 Å². The topological polar surface area (TPSA) is 68.3 Å². The van der Waals surface area contributed by atoms with E-state index < -0.39 is 0 Å². The second-order valence-corrected chi connectivity index (χ2v) is 8.87. The van der Waals surface area contributed by atoms with Crippen LogP contribution in [0.25, 0.3) is 0 Å². The van der Waals surface area contributed by atoms with Crippen LogP contribution in [0, 0.1) is 6.92 Å². The number of rotatable bonds is 11. The number of benzene rings is 1. The number of nitrogens with zero attached hydrogens (tertiary/aromatic N) is 2. The van der Waals surface area contributed by atoms with Crippen molar-refractivity contribution in [1.29, 1.82) is 0 Å². The molecule has 0 bridgehead atoms. The molecular weight excluding hydrogens is 428 g/mol. The highest BCUT2D eigenvalue weighted by Gasteiger charge is 2.33. The number of carbonyl (C=O) groups excluding carboxylic acids is 2. The third kappa shape index (κ3) is 6.31. The van der Waals surface area contributed by atoms with Gasteiger partial charge in [0.1, 0.15) is 19.0 Å². The molecule has 0 spiro atoms. The first kappa shape index (κ1) is 24.2. The molecule has 1 unspecified atom stereocenters. The fraction of sp³-hybridized carbons (Fsp3) is 0.500. The van der Waals surface area contributed by atoms with Crippen LogP contribution in [0.3, 0.4) is 0 Å². The number of amides is 2. The Labute approximate surface area is 193 Å². The lowest BCUT2D eigenvalue weighted by atomic mass is 10.0. The highest BCUT2D eigenvalue weighted by atomic mass is 32.1. The summed E-state index contributed by atoms with van der Waals surface area (Å²) < 4.78 is 16.2. The molecule has 1 aromatic heterocycles. The Bertz CT molecular complexity index is 883. The molecule has 32 heavy (non-hydrogen) atoms. The molecule has 0 saturated heterocycles. The van der Waals surface area contributed by atoms with Gasteiger partial charge in [-0.15, -0.1) is 11.3 Å². The maximum Gasteiger partial charge on any atom is 0.249 e. The first-order valence-electron chi connectivity index (χ1n) is 10.8. The summed E-state index contributed by atoms with van der Waals surface area (Å²) in [5.74, 6) is 0.501. The lowest BCUT2D eigenvalue weighted by molar-refractivity contribution is -0.144. The number of hydrogen-bond donors (Lipinski definition) is 0. The van der Waals surface area contributed by atoms with Crippen molar-refractivity contribution in [2.75, 3.05) is 53.7 Å². The molecule has 0 N–H and O–H groups in total. The number of aryl methyl sites for hydroxylation is 1. The second-order valence-electron chi connectivity index (χ2n) is 7.87. The zero-order chi connectivity index (χ0) is 22.9. The van der Waals surface area contributed by atoms with Gasteiger partial charge in [0, 0.05) is 38.8 Å². The van der Waals surface area contributed by atoms with Crippen molar-refractivity contribution < 1.29 is 23.8 Å². The van der Waals surface area contributed by atoms with Crippen molar-refractivity contribution in [1.82, 2.24) is 9.80 Å². The Balaban J connectivity index is 1.72. The molecule has 2 amide bonds. The molecule has 8 heteroatoms. The van der Waals surface area contributed by atoms with Gasteiger partial charge in [0.15, 0.2) is 0 Å². The number of hydrogen-bond acceptors (Lipinski definition) is 6. The van der Waals surface area contributed by atoms with Gasteiger partial charge in [0.25, 0.3) is 0 Å². The van der Waals surface area contributed by atoms with Gasteiger partial charge in [-0.25, -0.2) is 0 Å². The quantitative estimate of drug-likeness (QED) is 0.482. The molecule has 2 aromatic rings. The normalized spacial score (nSPS) is 15.3. The van der Waals surface area contributed by atoms with Gasteiger partial charge >= 0.3 is 0 Å². The first-order valence-corrected chi connectivity index (χ1v) is 11.7. The zero-order valence-corrected chi connectivity index (χ0v) is 19.9. The molecule has 1 aromatic carbocycles. The van der Waals surface area contributed by atoms with E-state index in [2.05, 4.69) is 11.4 Å². The summed E-state index contributed by atoms with van der Waals surface area (Å²) in [6, 6.07) is 9.80. The summed E-state index contributed by atoms with van der Waals surface area (Å²) in [7, 11) is 3.10. The summed E-state index contributed by atoms with van der Waals surface area (Å²) in [4.78, 5) is 30.6. The SMILES string of the molecule is COCCCN(CC(=O)N1CCc2sccc2C1COc1ccc(C)cc1)C(=O)COC. The van der Waals surface area contributed by atoms with Crippen LogP contribution in [0.2, 0.25) is 0 Å². The van der Waals surface area contributed by atoms with Crippen LogP contribution in [0.15, 0.2) is 35.7 Å². The molecule has 1 atom stereocenters. The summed E-state index contributed by atoms with van der Waals surface area (Å²) in [5, 5.41) is 2.07. The Morgan fingerprint density at radius 1 is 1.16 bits per heavy atom. The van der Waals surface area contributed by atoms with Crippen LogP contribution in [-0.2, 0) is 25.5 Å². The maximum absolute atomic E-state index is 13.4. The summed E-state index contributed by atoms with van der Waals surface area (Å²) in [6.07, 6.45) is 1.48. The number of carbonyl (C=O) groups is 2. The van der Waals surface area contributed by atoms with Gasteiger partial charge in [-0.1, -0.05) is 17.7 Å². The number of methoxy groups -OCH3 is 2. The average Bonchev–Trinajstić information content (AvgIpc) is 3.27. The Morgan fingerprint density at radius 2 is 1.94 bits per heavy atom. The highest BCUT2D eigenvalue weighted by molar-refractivity contribution is 7.10. The smallest absolute Gasteiger partial charge is 0.249 e. The molecule has 0 saturated carbocycles. The highest BCUT2D eigenvalue weighted by Crippen LogP contribution is 2.34. The lowest BCUT2D eigenvalue weighted by Gasteiger charge is -2.37. The minimum Gasteiger partial charge on any atom is -0.491 e. The average molecular weight is 461 g/mol. The van der Waals surface area contributed by atoms with Crippen LogP contribution in [-0.4, -0.2) is 75.3 Å². The Kier molecular flexibility index (Phi) is 9.08. The summed E-state index contributed by atoms with van der Waals surface area (Å²) in [6.45, 7) is 3.96. The van der Waals surface area contributed by atoms with Gasteiger partial charge in [0.2, 0.25) is 11.8 Å². The molecule has 3 rings (SSSR count). The predicted octanol–water partition coefficient (Wildman–Crippen LogP) is 3.07. The Morgan fingerprint density at radius 3 is 2.66 bits per heavy atom. The van der Waals surface area contributed by atoms with Crippen LogP contribution in [0.4, 0.5) is 0 Å². The van der Waals surface area contributed by atoms with Crippen molar-refractivity contribution in [3.8, 4) is 5.75 Å². The van der Waals surface area contributed by atoms with E-state index in [1.807, 2.05) is 36.1 Å². The number of fused-ring (bicyclic) bond motifs is 1. The van der Waals surface area contributed by atoms with E-state index in [1.54, 1.807) is 23.3 Å². The maximum atomic E-state index is 13.4. The molecule has 2 heterocycles. The fourth-order valence-electron chi connectivity index (χ4n) is 3.84. The van der Waals surface area contributed by atoms with Gasteiger partial charge in [0.05, 0.1) is 12.6 Å². The van der Waals surface area contributed by atoms with E-state index in [4.69, 9.17) is 14.2 Å². The van der Waals surface area contributed by atoms with E-state index in [1.165, 1.54) is 17.6 Å². The van der Waals surface area contributed by atoms with Crippen LogP contribution < -0.4 is 4.74 Å². The van der Waals surface area contributed by atoms with Gasteiger partial charge < -0.3 is 24.0 Å². The third-order valence-electron chi connectivity index (χ3n) is 5.57. The number of thiophene rings is 1. The Hall–Kier alpha value is -2.42. The van der Waals surface area contributed by atoms with Gasteiger partial charge in [-0.05, 0) is 48.9 Å². The van der Waals surface area contributed by atoms with E-state index in [-0.39, 0.29) is 31.0 Å². The molecule has 0 radical (unpaired) electrons. The zero-order valence-electron chi connectivity index (χ0n) is 19.0. The lowest BCUT2D eigenvalue weighted by Crippen LogP contribution is -2.48. The van der Waals surface area contributed by atoms with Crippen molar-refractivity contribution in [3.05, 3.63) is 51.7 Å². The van der Waals surface area contributed by atoms with Gasteiger partial charge in [-0.2, -0.15) is 0 Å².